The smallest absolute Gasteiger partial charge is 0.0708 e. The number of para-hydroxylation sites is 1. The van der Waals surface area contributed by atoms with Crippen molar-refractivity contribution in [2.75, 3.05) is 19.0 Å². The minimum atomic E-state index is 0.983. The number of benzene rings is 2. The molecule has 0 fully saturated rings. The molecule has 23 heavy (non-hydrogen) atoms. The molecule has 2 nitrogen and oxygen atoms in total. The molecule has 0 aliphatic rings. The van der Waals surface area contributed by atoms with Crippen LogP contribution in [0.3, 0.4) is 0 Å². The summed E-state index contributed by atoms with van der Waals surface area (Å²) in [7, 11) is 4.11. The lowest BCUT2D eigenvalue weighted by molar-refractivity contribution is 1.11. The highest BCUT2D eigenvalue weighted by atomic mass is 15.1. The second-order valence-corrected chi connectivity index (χ2v) is 5.89. The van der Waals surface area contributed by atoms with E-state index >= 15 is 0 Å². The van der Waals surface area contributed by atoms with Crippen molar-refractivity contribution < 1.29 is 0 Å². The zero-order valence-corrected chi connectivity index (χ0v) is 14.0. The van der Waals surface area contributed by atoms with Gasteiger partial charge in [-0.3, -0.25) is 4.98 Å². The molecule has 0 bridgehead atoms. The molecule has 0 saturated carbocycles. The highest BCUT2D eigenvalue weighted by Crippen LogP contribution is 2.23. The minimum absolute atomic E-state index is 0.983. The summed E-state index contributed by atoms with van der Waals surface area (Å²) in [6, 6.07) is 16.9. The third-order valence-electron chi connectivity index (χ3n) is 4.13. The van der Waals surface area contributed by atoms with Crippen molar-refractivity contribution >= 4 is 28.7 Å². The van der Waals surface area contributed by atoms with E-state index in [1.165, 1.54) is 27.8 Å². The first-order valence-electron chi connectivity index (χ1n) is 8.01. The Morgan fingerprint density at radius 2 is 1.70 bits per heavy atom. The van der Waals surface area contributed by atoms with Gasteiger partial charge in [0.2, 0.25) is 0 Å². The number of hydrogen-bond acceptors (Lipinski definition) is 2. The molecule has 2 heteroatoms. The normalized spacial score (nSPS) is 11.3. The fraction of sp³-hybridized carbons (Fsp3) is 0.190. The Morgan fingerprint density at radius 3 is 2.39 bits per heavy atom. The predicted molar refractivity (Wildman–Crippen MR) is 101 cm³/mol. The summed E-state index contributed by atoms with van der Waals surface area (Å²) in [5.41, 5.74) is 6.02. The van der Waals surface area contributed by atoms with Crippen molar-refractivity contribution in [1.29, 1.82) is 0 Å². The predicted octanol–water partition coefficient (Wildman–Crippen LogP) is 5.03. The lowest BCUT2D eigenvalue weighted by Crippen LogP contribution is -2.07. The minimum Gasteiger partial charge on any atom is -0.378 e. The van der Waals surface area contributed by atoms with Crippen LogP contribution in [0.15, 0.2) is 54.7 Å². The average Bonchev–Trinajstić information content (AvgIpc) is 2.59. The van der Waals surface area contributed by atoms with Gasteiger partial charge in [-0.1, -0.05) is 49.4 Å². The maximum absolute atomic E-state index is 4.56. The highest BCUT2D eigenvalue weighted by Gasteiger charge is 2.04. The summed E-state index contributed by atoms with van der Waals surface area (Å²) in [5, 5.41) is 1.22. The van der Waals surface area contributed by atoms with E-state index < -0.39 is 0 Å². The van der Waals surface area contributed by atoms with E-state index in [1.807, 2.05) is 12.3 Å². The third kappa shape index (κ3) is 3.26. The molecule has 0 saturated heterocycles. The number of aromatic nitrogens is 1. The summed E-state index contributed by atoms with van der Waals surface area (Å²) in [6.07, 6.45) is 7.38. The van der Waals surface area contributed by atoms with Gasteiger partial charge in [-0.05, 0) is 41.3 Å². The molecule has 116 valence electrons. The summed E-state index contributed by atoms with van der Waals surface area (Å²) in [6.45, 7) is 2.18. The highest BCUT2D eigenvalue weighted by molar-refractivity contribution is 5.91. The van der Waals surface area contributed by atoms with Gasteiger partial charge in [-0.2, -0.15) is 0 Å². The Hall–Kier alpha value is -2.61. The molecule has 0 unspecified atom stereocenters. The third-order valence-corrected chi connectivity index (χ3v) is 4.13. The summed E-state index contributed by atoms with van der Waals surface area (Å²) in [4.78, 5) is 6.67. The molecule has 0 amide bonds. The average molecular weight is 302 g/mol. The summed E-state index contributed by atoms with van der Waals surface area (Å²) < 4.78 is 0. The molecule has 3 aromatic rings. The van der Waals surface area contributed by atoms with Crippen LogP contribution in [0, 0.1) is 0 Å². The van der Waals surface area contributed by atoms with Crippen LogP contribution >= 0.6 is 0 Å². The molecule has 0 atom stereocenters. The summed E-state index contributed by atoms with van der Waals surface area (Å²) in [5.74, 6) is 0. The molecule has 1 aromatic heterocycles. The molecule has 0 aliphatic carbocycles. The molecule has 0 spiro atoms. The maximum Gasteiger partial charge on any atom is 0.0708 e. The zero-order valence-electron chi connectivity index (χ0n) is 14.0. The first-order valence-corrected chi connectivity index (χ1v) is 8.01. The van der Waals surface area contributed by atoms with Gasteiger partial charge in [0, 0.05) is 31.4 Å². The van der Waals surface area contributed by atoms with E-state index in [1.54, 1.807) is 0 Å². The van der Waals surface area contributed by atoms with Gasteiger partial charge in [0.1, 0.15) is 0 Å². The van der Waals surface area contributed by atoms with Crippen molar-refractivity contribution in [2.24, 2.45) is 0 Å². The van der Waals surface area contributed by atoms with Crippen LogP contribution in [0.5, 0.6) is 0 Å². The zero-order chi connectivity index (χ0) is 16.2. The molecule has 1 heterocycles. The van der Waals surface area contributed by atoms with Gasteiger partial charge in [0.25, 0.3) is 0 Å². The number of pyridine rings is 1. The van der Waals surface area contributed by atoms with Crippen molar-refractivity contribution in [2.45, 2.75) is 13.3 Å². The fourth-order valence-corrected chi connectivity index (χ4v) is 2.75. The molecular formula is C21H22N2. The molecule has 0 N–H and O–H groups in total. The van der Waals surface area contributed by atoms with Crippen LogP contribution in [0.25, 0.3) is 23.1 Å². The topological polar surface area (TPSA) is 16.1 Å². The first kappa shape index (κ1) is 15.3. The van der Waals surface area contributed by atoms with Crippen LogP contribution in [0.4, 0.5) is 5.69 Å². The van der Waals surface area contributed by atoms with Gasteiger partial charge >= 0.3 is 0 Å². The van der Waals surface area contributed by atoms with E-state index in [4.69, 9.17) is 0 Å². The number of fused-ring (bicyclic) bond motifs is 1. The van der Waals surface area contributed by atoms with Crippen LogP contribution in [-0.4, -0.2) is 19.1 Å². The van der Waals surface area contributed by atoms with E-state index in [2.05, 4.69) is 85.5 Å². The van der Waals surface area contributed by atoms with Crippen molar-refractivity contribution in [3.8, 4) is 0 Å². The van der Waals surface area contributed by atoms with E-state index in [0.717, 1.165) is 11.9 Å². The molecular weight excluding hydrogens is 280 g/mol. The first-order chi connectivity index (χ1) is 11.2. The number of nitrogens with zero attached hydrogens (tertiary/aromatic N) is 2. The van der Waals surface area contributed by atoms with Gasteiger partial charge in [-0.25, -0.2) is 0 Å². The Balaban J connectivity index is 1.99. The quantitative estimate of drug-likeness (QED) is 0.671. The largest absolute Gasteiger partial charge is 0.378 e. The Bertz CT molecular complexity index is 830. The monoisotopic (exact) mass is 302 g/mol. The summed E-state index contributed by atoms with van der Waals surface area (Å²) >= 11 is 0. The van der Waals surface area contributed by atoms with E-state index in [0.29, 0.717) is 0 Å². The second-order valence-electron chi connectivity index (χ2n) is 5.89. The number of aryl methyl sites for hydroxylation is 1. The lowest BCUT2D eigenvalue weighted by atomic mass is 10.0. The lowest BCUT2D eigenvalue weighted by Gasteiger charge is -2.12. The van der Waals surface area contributed by atoms with E-state index in [9.17, 15) is 0 Å². The SMILES string of the molecule is CCc1cnc2ccccc2c1/C=C\c1ccc(N(C)C)cc1. The van der Waals surface area contributed by atoms with E-state index in [-0.39, 0.29) is 0 Å². The molecule has 2 aromatic carbocycles. The van der Waals surface area contributed by atoms with Crippen LogP contribution < -0.4 is 4.90 Å². The Labute approximate surface area is 138 Å². The molecule has 0 aliphatic heterocycles. The van der Waals surface area contributed by atoms with Gasteiger partial charge in [-0.15, -0.1) is 0 Å². The van der Waals surface area contributed by atoms with Gasteiger partial charge in [0.05, 0.1) is 5.52 Å². The Kier molecular flexibility index (Phi) is 4.42. The number of hydrogen-bond donors (Lipinski definition) is 0. The van der Waals surface area contributed by atoms with Crippen molar-refractivity contribution in [1.82, 2.24) is 4.98 Å². The fourth-order valence-electron chi connectivity index (χ4n) is 2.75. The maximum atomic E-state index is 4.56. The van der Waals surface area contributed by atoms with Gasteiger partial charge in [0.15, 0.2) is 0 Å². The standard InChI is InChI=1S/C21H22N2/c1-4-17-15-22-21-8-6-5-7-20(21)19(17)14-11-16-9-12-18(13-10-16)23(2)3/h5-15H,4H2,1-3H3/b14-11-. The second kappa shape index (κ2) is 6.66. The molecule has 0 radical (unpaired) electrons. The van der Waals surface area contributed by atoms with Gasteiger partial charge < -0.3 is 4.90 Å². The van der Waals surface area contributed by atoms with Crippen molar-refractivity contribution in [3.63, 3.8) is 0 Å². The number of rotatable bonds is 4. The van der Waals surface area contributed by atoms with Crippen LogP contribution in [0.1, 0.15) is 23.6 Å². The van der Waals surface area contributed by atoms with Crippen LogP contribution in [-0.2, 0) is 6.42 Å². The Morgan fingerprint density at radius 1 is 0.957 bits per heavy atom. The number of anilines is 1. The van der Waals surface area contributed by atoms with Crippen molar-refractivity contribution in [3.05, 3.63) is 71.4 Å². The molecule has 3 rings (SSSR count). The van der Waals surface area contributed by atoms with Crippen LogP contribution in [0.2, 0.25) is 0 Å².